The van der Waals surface area contributed by atoms with Crippen LogP contribution in [0, 0.1) is 65.1 Å². The van der Waals surface area contributed by atoms with E-state index in [0.29, 0.717) is 27.8 Å². The second kappa shape index (κ2) is 8.92. The van der Waals surface area contributed by atoms with E-state index in [1.165, 1.54) is 0 Å². The average molecular weight is 437 g/mol. The predicted molar refractivity (Wildman–Crippen MR) is 130 cm³/mol. The number of nitrogens with zero attached hydrogens (tertiary/aromatic N) is 4. The first kappa shape index (κ1) is 22.3. The van der Waals surface area contributed by atoms with E-state index < -0.39 is 11.3 Å². The first-order valence-electron chi connectivity index (χ1n) is 10.8. The zero-order chi connectivity index (χ0) is 24.3. The molecule has 4 heteroatoms. The number of hydrogen-bond acceptors (Lipinski definition) is 4. The number of rotatable bonds is 3. The molecule has 0 bridgehead atoms. The van der Waals surface area contributed by atoms with Gasteiger partial charge in [0.25, 0.3) is 0 Å². The van der Waals surface area contributed by atoms with Crippen LogP contribution in [0.2, 0.25) is 0 Å². The third-order valence-corrected chi connectivity index (χ3v) is 6.17. The summed E-state index contributed by atoms with van der Waals surface area (Å²) < 4.78 is 0. The van der Waals surface area contributed by atoms with Gasteiger partial charge in [-0.05, 0) is 53.3 Å². The molecule has 0 N–H and O–H groups in total. The van der Waals surface area contributed by atoms with Crippen molar-refractivity contribution in [3.8, 4) is 24.3 Å². The largest absolute Gasteiger partial charge is 0.196 e. The molecule has 0 saturated carbocycles. The van der Waals surface area contributed by atoms with Crippen LogP contribution in [0.15, 0.2) is 83.9 Å². The molecule has 0 spiro atoms. The first-order chi connectivity index (χ1) is 16.5. The maximum Gasteiger partial charge on any atom is 0.195 e. The summed E-state index contributed by atoms with van der Waals surface area (Å²) in [6.07, 6.45) is 1.77. The van der Waals surface area contributed by atoms with Gasteiger partial charge in [0.15, 0.2) is 11.3 Å². The van der Waals surface area contributed by atoms with E-state index in [9.17, 15) is 21.0 Å². The van der Waals surface area contributed by atoms with Crippen molar-refractivity contribution in [2.75, 3.05) is 0 Å². The van der Waals surface area contributed by atoms with Gasteiger partial charge in [-0.25, -0.2) is 0 Å². The molecule has 1 aliphatic carbocycles. The molecule has 1 aliphatic rings. The third-order valence-electron chi connectivity index (χ3n) is 6.17. The van der Waals surface area contributed by atoms with Gasteiger partial charge in [0.05, 0.1) is 24.3 Å². The second-order valence-electron chi connectivity index (χ2n) is 8.33. The fourth-order valence-corrected chi connectivity index (χ4v) is 4.44. The highest BCUT2D eigenvalue weighted by atomic mass is 14.5. The van der Waals surface area contributed by atoms with Gasteiger partial charge in [-0.15, -0.1) is 0 Å². The van der Waals surface area contributed by atoms with Crippen LogP contribution in [-0.4, -0.2) is 0 Å². The molecule has 4 nitrogen and oxygen atoms in total. The van der Waals surface area contributed by atoms with E-state index in [1.54, 1.807) is 24.3 Å². The highest BCUT2D eigenvalue weighted by molar-refractivity contribution is 5.92. The first-order valence-corrected chi connectivity index (χ1v) is 10.8. The molecular formula is C30H20N4. The van der Waals surface area contributed by atoms with E-state index in [-0.39, 0.29) is 0 Å². The Balaban J connectivity index is 2.25. The number of nitriles is 4. The summed E-state index contributed by atoms with van der Waals surface area (Å²) in [6.45, 7) is 3.97. The minimum atomic E-state index is -1.70. The van der Waals surface area contributed by atoms with Gasteiger partial charge >= 0.3 is 0 Å². The van der Waals surface area contributed by atoms with E-state index >= 15 is 0 Å². The molecule has 160 valence electrons. The Hall–Kier alpha value is -4.90. The van der Waals surface area contributed by atoms with Crippen molar-refractivity contribution in [1.82, 2.24) is 0 Å². The van der Waals surface area contributed by atoms with Gasteiger partial charge < -0.3 is 0 Å². The molecule has 0 atom stereocenters. The molecule has 0 radical (unpaired) electrons. The monoisotopic (exact) mass is 436 g/mol. The normalized spacial score (nSPS) is 13.5. The van der Waals surface area contributed by atoms with Crippen LogP contribution < -0.4 is 0 Å². The van der Waals surface area contributed by atoms with Crippen LogP contribution >= 0.6 is 0 Å². The summed E-state index contributed by atoms with van der Waals surface area (Å²) in [6, 6.07) is 31.5. The zero-order valence-electron chi connectivity index (χ0n) is 18.9. The summed E-state index contributed by atoms with van der Waals surface area (Å²) in [7, 11) is 0. The van der Waals surface area contributed by atoms with E-state index in [1.807, 2.05) is 68.4 Å². The zero-order valence-corrected chi connectivity index (χ0v) is 18.9. The van der Waals surface area contributed by atoms with Crippen LogP contribution in [0.5, 0.6) is 0 Å². The van der Waals surface area contributed by atoms with E-state index in [0.717, 1.165) is 22.3 Å². The Bertz CT molecular complexity index is 1420. The molecule has 34 heavy (non-hydrogen) atoms. The molecule has 0 heterocycles. The maximum atomic E-state index is 10.5. The van der Waals surface area contributed by atoms with Crippen molar-refractivity contribution in [3.63, 3.8) is 0 Å². The van der Waals surface area contributed by atoms with Gasteiger partial charge in [-0.1, -0.05) is 83.9 Å². The molecule has 3 aromatic rings. The lowest BCUT2D eigenvalue weighted by Gasteiger charge is -2.34. The highest BCUT2D eigenvalue weighted by Crippen LogP contribution is 2.49. The molecule has 3 aromatic carbocycles. The average Bonchev–Trinajstić information content (AvgIpc) is 2.87. The Morgan fingerprint density at radius 1 is 0.706 bits per heavy atom. The molecule has 4 rings (SSSR count). The fourth-order valence-electron chi connectivity index (χ4n) is 4.44. The number of allylic oxidation sites excluding steroid dienone is 2. The van der Waals surface area contributed by atoms with E-state index in [2.05, 4.69) is 24.3 Å². The maximum absolute atomic E-state index is 10.5. The molecule has 0 saturated heterocycles. The van der Waals surface area contributed by atoms with Crippen molar-refractivity contribution < 1.29 is 0 Å². The van der Waals surface area contributed by atoms with Crippen LogP contribution in [-0.2, 0) is 5.41 Å². The summed E-state index contributed by atoms with van der Waals surface area (Å²) >= 11 is 0. The van der Waals surface area contributed by atoms with Crippen LogP contribution in [0.25, 0.3) is 11.6 Å². The lowest BCUT2D eigenvalue weighted by atomic mass is 9.63. The van der Waals surface area contributed by atoms with Crippen molar-refractivity contribution >= 4 is 11.6 Å². The Morgan fingerprint density at radius 3 is 1.68 bits per heavy atom. The number of aryl methyl sites for hydroxylation is 2. The summed E-state index contributed by atoms with van der Waals surface area (Å²) in [5.74, 6) is -1.14. The molecule has 0 fully saturated rings. The Morgan fingerprint density at radius 2 is 1.21 bits per heavy atom. The number of hydrogen-bond donors (Lipinski definition) is 0. The summed E-state index contributed by atoms with van der Waals surface area (Å²) in [4.78, 5) is 0. The molecule has 0 unspecified atom stereocenters. The lowest BCUT2D eigenvalue weighted by molar-refractivity contribution is 0.796. The topological polar surface area (TPSA) is 95.2 Å². The highest BCUT2D eigenvalue weighted by Gasteiger charge is 2.46. The minimum absolute atomic E-state index is 0.378. The van der Waals surface area contributed by atoms with Crippen molar-refractivity contribution in [3.05, 3.63) is 117 Å². The van der Waals surface area contributed by atoms with Gasteiger partial charge in [0, 0.05) is 5.57 Å². The smallest absolute Gasteiger partial charge is 0.195 e. The molecule has 0 aliphatic heterocycles. The summed E-state index contributed by atoms with van der Waals surface area (Å²) in [5.41, 5.74) is 4.69. The second-order valence-corrected chi connectivity index (χ2v) is 8.33. The van der Waals surface area contributed by atoms with Gasteiger partial charge in [-0.2, -0.15) is 21.0 Å². The van der Waals surface area contributed by atoms with Crippen LogP contribution in [0.1, 0.15) is 33.4 Å². The van der Waals surface area contributed by atoms with Crippen LogP contribution in [0.4, 0.5) is 0 Å². The Labute approximate surface area is 199 Å². The van der Waals surface area contributed by atoms with Crippen molar-refractivity contribution in [2.45, 2.75) is 19.3 Å². The lowest BCUT2D eigenvalue weighted by Crippen LogP contribution is -2.32. The van der Waals surface area contributed by atoms with Crippen molar-refractivity contribution in [2.24, 2.45) is 5.92 Å². The molecule has 0 amide bonds. The standard InChI is InChI=1S/C30H20N4/c1-20-7-11-22(12-8-20)28(23-13-9-21(2)10-14-23)29-26(25(16-31)17-32)15-24-5-3-4-6-27(24)30(29,18-33)19-34/h3-15,25H,1-2H3. The van der Waals surface area contributed by atoms with E-state index in [4.69, 9.17) is 0 Å². The Kier molecular flexibility index (Phi) is 5.85. The van der Waals surface area contributed by atoms with Crippen LogP contribution in [0.3, 0.4) is 0 Å². The molecule has 0 aromatic heterocycles. The number of benzene rings is 3. The fraction of sp³-hybridized carbons (Fsp3) is 0.133. The van der Waals surface area contributed by atoms with Gasteiger partial charge in [-0.3, -0.25) is 0 Å². The minimum Gasteiger partial charge on any atom is -0.196 e. The predicted octanol–water partition coefficient (Wildman–Crippen LogP) is 6.15. The van der Waals surface area contributed by atoms with Gasteiger partial charge in [0.2, 0.25) is 0 Å². The SMILES string of the molecule is Cc1ccc(C(=C2C(C(C#N)C#N)=Cc3ccccc3C2(C#N)C#N)c2ccc(C)cc2)cc1. The quantitative estimate of drug-likeness (QED) is 0.492. The summed E-state index contributed by atoms with van der Waals surface area (Å²) in [5, 5.41) is 40.8. The molecular weight excluding hydrogens is 416 g/mol. The van der Waals surface area contributed by atoms with Crippen molar-refractivity contribution in [1.29, 1.82) is 21.0 Å². The van der Waals surface area contributed by atoms with Gasteiger partial charge in [0.1, 0.15) is 0 Å². The number of fused-ring (bicyclic) bond motifs is 1. The third kappa shape index (κ3) is 3.55.